The van der Waals surface area contributed by atoms with E-state index in [0.717, 1.165) is 32.4 Å². The minimum Gasteiger partial charge on any atom is -0.350 e. The minimum absolute atomic E-state index is 0.298. The second-order valence-electron chi connectivity index (χ2n) is 4.36. The lowest BCUT2D eigenvalue weighted by atomic mass is 9.95. The fourth-order valence-corrected chi connectivity index (χ4v) is 2.28. The number of nitrogens with zero attached hydrogens (tertiary/aromatic N) is 2. The highest BCUT2D eigenvalue weighted by Gasteiger charge is 2.22. The van der Waals surface area contributed by atoms with E-state index in [4.69, 9.17) is 5.73 Å². The zero-order valence-corrected chi connectivity index (χ0v) is 9.61. The lowest BCUT2D eigenvalue weighted by molar-refractivity contribution is 0.393. The highest BCUT2D eigenvalue weighted by Crippen LogP contribution is 2.20. The molecule has 17 heavy (non-hydrogen) atoms. The first-order valence-corrected chi connectivity index (χ1v) is 5.84. The Kier molecular flexibility index (Phi) is 3.58. The maximum Gasteiger partial charge on any atom is 0.342 e. The number of anilines is 1. The van der Waals surface area contributed by atoms with Crippen molar-refractivity contribution in [3.8, 4) is 0 Å². The van der Waals surface area contributed by atoms with Crippen LogP contribution in [0.2, 0.25) is 0 Å². The van der Waals surface area contributed by atoms with E-state index in [-0.39, 0.29) is 0 Å². The summed E-state index contributed by atoms with van der Waals surface area (Å²) in [6.45, 7) is 2.23. The molecule has 1 atom stereocenters. The number of nitrogens with one attached hydrogen (secondary N) is 2. The van der Waals surface area contributed by atoms with Gasteiger partial charge in [0.05, 0.1) is 0 Å². The van der Waals surface area contributed by atoms with E-state index in [9.17, 15) is 9.59 Å². The number of aromatic amines is 2. The zero-order valence-electron chi connectivity index (χ0n) is 9.61. The van der Waals surface area contributed by atoms with Crippen LogP contribution in [0.3, 0.4) is 0 Å². The van der Waals surface area contributed by atoms with Gasteiger partial charge in [-0.2, -0.15) is 0 Å². The van der Waals surface area contributed by atoms with Crippen molar-refractivity contribution in [2.24, 2.45) is 11.7 Å². The summed E-state index contributed by atoms with van der Waals surface area (Å²) < 4.78 is 0. The molecule has 1 fully saturated rings. The fourth-order valence-electron chi connectivity index (χ4n) is 2.28. The molecule has 7 heteroatoms. The van der Waals surface area contributed by atoms with Crippen LogP contribution in [-0.2, 0) is 0 Å². The van der Waals surface area contributed by atoms with Gasteiger partial charge in [-0.3, -0.25) is 9.78 Å². The van der Waals surface area contributed by atoms with Crippen LogP contribution >= 0.6 is 0 Å². The smallest absolute Gasteiger partial charge is 0.342 e. The van der Waals surface area contributed by atoms with Crippen LogP contribution in [0.15, 0.2) is 9.59 Å². The lowest BCUT2D eigenvalue weighted by Crippen LogP contribution is -2.41. The van der Waals surface area contributed by atoms with Gasteiger partial charge in [0.25, 0.3) is 5.56 Å². The topological polar surface area (TPSA) is 108 Å². The Morgan fingerprint density at radius 2 is 2.29 bits per heavy atom. The SMILES string of the molecule is NCCC1CCCN(c2n[nH]c(=O)[nH]c2=O)C1. The van der Waals surface area contributed by atoms with E-state index in [2.05, 4.69) is 15.2 Å². The molecule has 0 aromatic carbocycles. The molecule has 1 aromatic heterocycles. The molecule has 1 saturated heterocycles. The number of hydrogen-bond donors (Lipinski definition) is 3. The summed E-state index contributed by atoms with van der Waals surface area (Å²) >= 11 is 0. The largest absolute Gasteiger partial charge is 0.350 e. The molecule has 0 saturated carbocycles. The maximum atomic E-state index is 11.6. The molecular formula is C10H17N5O2. The van der Waals surface area contributed by atoms with Gasteiger partial charge in [-0.05, 0) is 31.7 Å². The van der Waals surface area contributed by atoms with Crippen LogP contribution in [-0.4, -0.2) is 34.8 Å². The van der Waals surface area contributed by atoms with Gasteiger partial charge in [0.2, 0.25) is 5.82 Å². The molecule has 0 aliphatic carbocycles. The van der Waals surface area contributed by atoms with Crippen molar-refractivity contribution >= 4 is 5.82 Å². The predicted molar refractivity (Wildman–Crippen MR) is 64.1 cm³/mol. The Balaban J connectivity index is 2.16. The first-order valence-electron chi connectivity index (χ1n) is 5.84. The Bertz CT molecular complexity index is 478. The normalized spacial score (nSPS) is 20.5. The van der Waals surface area contributed by atoms with Crippen molar-refractivity contribution in [3.05, 3.63) is 20.8 Å². The average Bonchev–Trinajstić information content (AvgIpc) is 2.29. The van der Waals surface area contributed by atoms with Gasteiger partial charge in [-0.15, -0.1) is 5.10 Å². The van der Waals surface area contributed by atoms with Crippen LogP contribution in [0.5, 0.6) is 0 Å². The summed E-state index contributed by atoms with van der Waals surface area (Å²) in [5.74, 6) is 0.799. The van der Waals surface area contributed by atoms with E-state index < -0.39 is 11.2 Å². The first kappa shape index (κ1) is 11.8. The van der Waals surface area contributed by atoms with Crippen molar-refractivity contribution in [1.82, 2.24) is 15.2 Å². The molecular weight excluding hydrogens is 222 g/mol. The van der Waals surface area contributed by atoms with Gasteiger partial charge in [0.1, 0.15) is 0 Å². The molecule has 0 spiro atoms. The molecule has 0 bridgehead atoms. The highest BCUT2D eigenvalue weighted by atomic mass is 16.2. The van der Waals surface area contributed by atoms with Crippen molar-refractivity contribution in [3.63, 3.8) is 0 Å². The second-order valence-corrected chi connectivity index (χ2v) is 4.36. The van der Waals surface area contributed by atoms with E-state index in [1.54, 1.807) is 0 Å². The second kappa shape index (κ2) is 5.13. The van der Waals surface area contributed by atoms with Gasteiger partial charge in [0.15, 0.2) is 0 Å². The number of hydrogen-bond acceptors (Lipinski definition) is 5. The Labute approximate surface area is 98.0 Å². The maximum absolute atomic E-state index is 11.6. The monoisotopic (exact) mass is 239 g/mol. The minimum atomic E-state index is -0.575. The third kappa shape index (κ3) is 2.73. The predicted octanol–water partition coefficient (Wildman–Crippen LogP) is -0.977. The van der Waals surface area contributed by atoms with Crippen molar-refractivity contribution < 1.29 is 0 Å². The fraction of sp³-hybridized carbons (Fsp3) is 0.700. The van der Waals surface area contributed by atoms with E-state index >= 15 is 0 Å². The van der Waals surface area contributed by atoms with Crippen LogP contribution in [0.1, 0.15) is 19.3 Å². The third-order valence-electron chi connectivity index (χ3n) is 3.09. The molecule has 0 radical (unpaired) electrons. The molecule has 0 amide bonds. The standard InChI is InChI=1S/C10H17N5O2/c11-4-3-7-2-1-5-15(6-7)8-9(16)12-10(17)14-13-8/h7H,1-6,11H2,(H2,12,14,16,17). The van der Waals surface area contributed by atoms with Crippen LogP contribution in [0.25, 0.3) is 0 Å². The molecule has 2 heterocycles. The summed E-state index contributed by atoms with van der Waals surface area (Å²) in [5, 5.41) is 6.07. The summed E-state index contributed by atoms with van der Waals surface area (Å²) in [7, 11) is 0. The Morgan fingerprint density at radius 3 is 3.00 bits per heavy atom. The van der Waals surface area contributed by atoms with E-state index in [1.165, 1.54) is 0 Å². The highest BCUT2D eigenvalue weighted by molar-refractivity contribution is 5.34. The summed E-state index contributed by atoms with van der Waals surface area (Å²) in [6.07, 6.45) is 3.11. The van der Waals surface area contributed by atoms with Gasteiger partial charge < -0.3 is 10.6 Å². The van der Waals surface area contributed by atoms with Crippen LogP contribution in [0, 0.1) is 5.92 Å². The Morgan fingerprint density at radius 1 is 1.47 bits per heavy atom. The van der Waals surface area contributed by atoms with Gasteiger partial charge >= 0.3 is 5.69 Å². The number of piperidine rings is 1. The van der Waals surface area contributed by atoms with E-state index in [0.29, 0.717) is 18.3 Å². The lowest BCUT2D eigenvalue weighted by Gasteiger charge is -2.32. The third-order valence-corrected chi connectivity index (χ3v) is 3.09. The van der Waals surface area contributed by atoms with Gasteiger partial charge in [-0.1, -0.05) is 0 Å². The average molecular weight is 239 g/mol. The molecule has 94 valence electrons. The number of rotatable bonds is 3. The van der Waals surface area contributed by atoms with Crippen molar-refractivity contribution in [1.29, 1.82) is 0 Å². The van der Waals surface area contributed by atoms with Crippen molar-refractivity contribution in [2.75, 3.05) is 24.5 Å². The quantitative estimate of drug-likeness (QED) is 0.628. The van der Waals surface area contributed by atoms with Gasteiger partial charge in [0, 0.05) is 13.1 Å². The molecule has 7 nitrogen and oxygen atoms in total. The van der Waals surface area contributed by atoms with E-state index in [1.807, 2.05) is 4.90 Å². The summed E-state index contributed by atoms with van der Waals surface area (Å²) in [5.41, 5.74) is 4.54. The number of H-pyrrole nitrogens is 2. The number of nitrogens with two attached hydrogens (primary N) is 1. The molecule has 1 aliphatic heterocycles. The summed E-state index contributed by atoms with van der Waals surface area (Å²) in [6, 6.07) is 0. The van der Waals surface area contributed by atoms with Gasteiger partial charge in [-0.25, -0.2) is 9.89 Å². The van der Waals surface area contributed by atoms with Crippen LogP contribution in [0.4, 0.5) is 5.82 Å². The first-order chi connectivity index (χ1) is 8.20. The molecule has 1 aliphatic rings. The molecule has 4 N–H and O–H groups in total. The molecule has 1 aromatic rings. The summed E-state index contributed by atoms with van der Waals surface area (Å²) in [4.78, 5) is 26.6. The molecule has 1 unspecified atom stereocenters. The zero-order chi connectivity index (χ0) is 12.3. The van der Waals surface area contributed by atoms with Crippen molar-refractivity contribution in [2.45, 2.75) is 19.3 Å². The Hall–Kier alpha value is -1.63. The van der Waals surface area contributed by atoms with Crippen LogP contribution < -0.4 is 21.9 Å². The number of aromatic nitrogens is 3. The molecule has 2 rings (SSSR count).